The summed E-state index contributed by atoms with van der Waals surface area (Å²) in [4.78, 5) is 11.2. The molecular weight excluding hydrogens is 214 g/mol. The van der Waals surface area contributed by atoms with Crippen LogP contribution in [-0.4, -0.2) is 11.6 Å². The summed E-state index contributed by atoms with van der Waals surface area (Å²) >= 11 is 0. The molecule has 1 aromatic carbocycles. The summed E-state index contributed by atoms with van der Waals surface area (Å²) in [6, 6.07) is 3.66. The van der Waals surface area contributed by atoms with Gasteiger partial charge in [0.25, 0.3) is 0 Å². The van der Waals surface area contributed by atoms with E-state index in [0.29, 0.717) is 11.3 Å². The normalized spacial score (nSPS) is 26.9. The third-order valence-corrected chi connectivity index (χ3v) is 2.98. The summed E-state index contributed by atoms with van der Waals surface area (Å²) in [5, 5.41) is 3.90. The van der Waals surface area contributed by atoms with Crippen LogP contribution in [0.25, 0.3) is 0 Å². The lowest BCUT2D eigenvalue weighted by Crippen LogP contribution is -2.28. The van der Waals surface area contributed by atoms with Crippen molar-refractivity contribution in [2.45, 2.75) is 6.42 Å². The summed E-state index contributed by atoms with van der Waals surface area (Å²) in [6.45, 7) is 0. The van der Waals surface area contributed by atoms with Crippen LogP contribution in [0.3, 0.4) is 0 Å². The highest BCUT2D eigenvalue weighted by molar-refractivity contribution is 6.09. The molecule has 0 saturated heterocycles. The van der Waals surface area contributed by atoms with Gasteiger partial charge in [-0.1, -0.05) is 0 Å². The molecule has 16 heavy (non-hydrogen) atoms. The molecule has 0 unspecified atom stereocenters. The first-order valence-electron chi connectivity index (χ1n) is 4.99. The molecule has 0 bridgehead atoms. The van der Waals surface area contributed by atoms with Crippen molar-refractivity contribution in [3.05, 3.63) is 35.4 Å². The van der Waals surface area contributed by atoms with Gasteiger partial charge in [-0.3, -0.25) is 4.79 Å². The van der Waals surface area contributed by atoms with E-state index >= 15 is 0 Å². The zero-order valence-corrected chi connectivity index (χ0v) is 8.21. The van der Waals surface area contributed by atoms with E-state index in [4.69, 9.17) is 0 Å². The van der Waals surface area contributed by atoms with E-state index in [2.05, 4.69) is 10.5 Å². The Morgan fingerprint density at radius 3 is 2.81 bits per heavy atom. The Hall–Kier alpha value is -1.78. The van der Waals surface area contributed by atoms with E-state index in [9.17, 15) is 13.6 Å². The minimum atomic E-state index is -0.894. The van der Waals surface area contributed by atoms with Gasteiger partial charge < -0.3 is 0 Å². The Morgan fingerprint density at radius 1 is 1.25 bits per heavy atom. The van der Waals surface area contributed by atoms with Gasteiger partial charge >= 0.3 is 0 Å². The molecule has 0 spiro atoms. The number of hydrazone groups is 1. The maximum atomic E-state index is 13.0. The van der Waals surface area contributed by atoms with Crippen molar-refractivity contribution in [1.82, 2.24) is 5.43 Å². The molecule has 0 radical (unpaired) electrons. The number of halogens is 2. The molecule has 1 aliphatic carbocycles. The topological polar surface area (TPSA) is 41.5 Å². The first kappa shape index (κ1) is 9.45. The molecule has 1 saturated carbocycles. The third kappa shape index (κ3) is 1.31. The average Bonchev–Trinajstić information content (AvgIpc) is 3.04. The van der Waals surface area contributed by atoms with Crippen LogP contribution >= 0.6 is 0 Å². The van der Waals surface area contributed by atoms with Gasteiger partial charge in [0.1, 0.15) is 0 Å². The van der Waals surface area contributed by atoms with Crippen LogP contribution in [0.1, 0.15) is 12.0 Å². The lowest BCUT2D eigenvalue weighted by Gasteiger charge is -2.11. The van der Waals surface area contributed by atoms with Gasteiger partial charge in [-0.15, -0.1) is 0 Å². The highest BCUT2D eigenvalue weighted by Gasteiger charge is 2.49. The van der Waals surface area contributed by atoms with Gasteiger partial charge in [0.05, 0.1) is 5.71 Å². The van der Waals surface area contributed by atoms with E-state index in [1.807, 2.05) is 0 Å². The molecule has 82 valence electrons. The monoisotopic (exact) mass is 222 g/mol. The van der Waals surface area contributed by atoms with Crippen molar-refractivity contribution in [2.75, 3.05) is 0 Å². The van der Waals surface area contributed by atoms with E-state index in [1.54, 1.807) is 0 Å². The second-order valence-electron chi connectivity index (χ2n) is 4.05. The Labute approximate surface area is 90.2 Å². The Balaban J connectivity index is 1.98. The first-order valence-corrected chi connectivity index (χ1v) is 4.99. The quantitative estimate of drug-likeness (QED) is 0.767. The zero-order chi connectivity index (χ0) is 11.3. The van der Waals surface area contributed by atoms with Crippen molar-refractivity contribution in [3.63, 3.8) is 0 Å². The molecule has 1 heterocycles. The molecule has 0 aromatic heterocycles. The fourth-order valence-corrected chi connectivity index (χ4v) is 2.00. The predicted octanol–water partition coefficient (Wildman–Crippen LogP) is 1.43. The fourth-order valence-electron chi connectivity index (χ4n) is 2.00. The summed E-state index contributed by atoms with van der Waals surface area (Å²) in [7, 11) is 0. The predicted molar refractivity (Wildman–Crippen MR) is 52.6 cm³/mol. The Kier molecular flexibility index (Phi) is 1.83. The number of amides is 1. The van der Waals surface area contributed by atoms with Gasteiger partial charge in [0, 0.05) is 17.4 Å². The first-order chi connectivity index (χ1) is 7.66. The minimum absolute atomic E-state index is 0.0411. The summed E-state index contributed by atoms with van der Waals surface area (Å²) in [5.74, 6) is -1.83. The van der Waals surface area contributed by atoms with Crippen molar-refractivity contribution >= 4 is 11.6 Å². The number of carbonyl (C=O) groups excluding carboxylic acids is 1. The second-order valence-corrected chi connectivity index (χ2v) is 4.05. The summed E-state index contributed by atoms with van der Waals surface area (Å²) in [6.07, 6.45) is 0.740. The molecule has 1 fully saturated rings. The van der Waals surface area contributed by atoms with Crippen molar-refractivity contribution in [3.8, 4) is 0 Å². The zero-order valence-electron chi connectivity index (χ0n) is 8.21. The number of rotatable bonds is 1. The molecule has 1 aromatic rings. The largest absolute Gasteiger partial charge is 0.273 e. The lowest BCUT2D eigenvalue weighted by atomic mass is 10.0. The standard InChI is InChI=1S/C11H8F2N2O/c12-8-2-1-5(3-9(8)13)10-6-4-7(6)11(16)15-14-10/h1-3,6-7H,4H2,(H,15,16)/t6-,7+/m0/s1. The number of nitrogens with zero attached hydrogens (tertiary/aromatic N) is 1. The van der Waals surface area contributed by atoms with Crippen molar-refractivity contribution in [1.29, 1.82) is 0 Å². The van der Waals surface area contributed by atoms with E-state index < -0.39 is 11.6 Å². The van der Waals surface area contributed by atoms with Crippen LogP contribution in [0.15, 0.2) is 23.3 Å². The van der Waals surface area contributed by atoms with Crippen LogP contribution in [0, 0.1) is 23.5 Å². The van der Waals surface area contributed by atoms with Gasteiger partial charge in [-0.25, -0.2) is 14.2 Å². The highest BCUT2D eigenvalue weighted by Crippen LogP contribution is 2.43. The Morgan fingerprint density at radius 2 is 2.06 bits per heavy atom. The van der Waals surface area contributed by atoms with Crippen LogP contribution in [0.4, 0.5) is 8.78 Å². The molecular formula is C11H8F2N2O. The van der Waals surface area contributed by atoms with Crippen LogP contribution in [-0.2, 0) is 4.79 Å². The highest BCUT2D eigenvalue weighted by atomic mass is 19.2. The molecule has 3 nitrogen and oxygen atoms in total. The smallest absolute Gasteiger partial charge is 0.243 e. The summed E-state index contributed by atoms with van der Waals surface area (Å²) < 4.78 is 25.8. The Bertz CT molecular complexity index is 513. The average molecular weight is 222 g/mol. The molecule has 5 heteroatoms. The van der Waals surface area contributed by atoms with E-state index in [0.717, 1.165) is 18.6 Å². The molecule has 2 atom stereocenters. The minimum Gasteiger partial charge on any atom is -0.273 e. The van der Waals surface area contributed by atoms with Crippen molar-refractivity contribution in [2.24, 2.45) is 16.9 Å². The molecule has 3 rings (SSSR count). The lowest BCUT2D eigenvalue weighted by molar-refractivity contribution is -0.122. The van der Waals surface area contributed by atoms with Gasteiger partial charge in [-0.05, 0) is 24.6 Å². The van der Waals surface area contributed by atoms with Crippen molar-refractivity contribution < 1.29 is 13.6 Å². The number of benzene rings is 1. The molecule has 2 aliphatic rings. The molecule has 1 N–H and O–H groups in total. The van der Waals surface area contributed by atoms with Crippen LogP contribution < -0.4 is 5.43 Å². The van der Waals surface area contributed by atoms with E-state index in [-0.39, 0.29) is 17.7 Å². The number of carbonyl (C=O) groups is 1. The molecule has 1 aliphatic heterocycles. The fraction of sp³-hybridized carbons (Fsp3) is 0.273. The van der Waals surface area contributed by atoms with Crippen LogP contribution in [0.5, 0.6) is 0 Å². The third-order valence-electron chi connectivity index (χ3n) is 2.98. The maximum absolute atomic E-state index is 13.0. The van der Waals surface area contributed by atoms with Gasteiger partial charge in [0.15, 0.2) is 11.6 Å². The SMILES string of the molecule is O=C1NN=C(c2ccc(F)c(F)c2)[C@H]2C[C@@H]12. The number of hydrogen-bond acceptors (Lipinski definition) is 2. The molecule has 1 amide bonds. The maximum Gasteiger partial charge on any atom is 0.243 e. The van der Waals surface area contributed by atoms with Gasteiger partial charge in [0.2, 0.25) is 5.91 Å². The second kappa shape index (κ2) is 3.10. The number of nitrogens with one attached hydrogen (secondary N) is 1. The van der Waals surface area contributed by atoms with E-state index in [1.165, 1.54) is 6.07 Å². The number of hydrogen-bond donors (Lipinski definition) is 1. The number of fused-ring (bicyclic) bond motifs is 1. The van der Waals surface area contributed by atoms with Crippen LogP contribution in [0.2, 0.25) is 0 Å². The summed E-state index contributed by atoms with van der Waals surface area (Å²) in [5.41, 5.74) is 3.56. The van der Waals surface area contributed by atoms with Gasteiger partial charge in [-0.2, -0.15) is 5.10 Å².